The van der Waals surface area contributed by atoms with Crippen LogP contribution in [0.25, 0.3) is 0 Å². The summed E-state index contributed by atoms with van der Waals surface area (Å²) in [6.45, 7) is 0.380. The molecular weight excluding hydrogens is 338 g/mol. The summed E-state index contributed by atoms with van der Waals surface area (Å²) in [6, 6.07) is 13.8. The topological polar surface area (TPSA) is 75.3 Å². The number of amides is 2. The average Bonchev–Trinajstić information content (AvgIpc) is 2.56. The van der Waals surface area contributed by atoms with Gasteiger partial charge in [-0.1, -0.05) is 36.4 Å². The molecule has 0 unspecified atom stereocenters. The quantitative estimate of drug-likeness (QED) is 0.837. The zero-order chi connectivity index (χ0) is 17.6. The highest BCUT2D eigenvalue weighted by atomic mass is 32.2. The summed E-state index contributed by atoms with van der Waals surface area (Å²) >= 11 is 0. The molecule has 2 rings (SSSR count). The van der Waals surface area contributed by atoms with E-state index >= 15 is 0 Å². The normalized spacial score (nSPS) is 11.3. The van der Waals surface area contributed by atoms with Crippen molar-refractivity contribution in [1.82, 2.24) is 5.32 Å². The summed E-state index contributed by atoms with van der Waals surface area (Å²) in [4.78, 5) is 11.2. The van der Waals surface area contributed by atoms with Gasteiger partial charge in [-0.25, -0.2) is 13.2 Å². The molecule has 8 heteroatoms. The molecule has 0 radical (unpaired) electrons. The zero-order valence-corrected chi connectivity index (χ0v) is 13.4. The molecule has 2 aromatic carbocycles. The predicted molar refractivity (Wildman–Crippen MR) is 86.8 cm³/mol. The smallest absolute Gasteiger partial charge is 0.338 e. The minimum atomic E-state index is -4.69. The van der Waals surface area contributed by atoms with Crippen molar-refractivity contribution in [3.63, 3.8) is 0 Å². The lowest BCUT2D eigenvalue weighted by atomic mass is 10.1. The van der Waals surface area contributed by atoms with Crippen LogP contribution in [-0.2, 0) is 16.3 Å². The lowest BCUT2D eigenvalue weighted by Crippen LogP contribution is -2.30. The molecule has 128 valence electrons. The van der Waals surface area contributed by atoms with Crippen LogP contribution in [0, 0.1) is 0 Å². The van der Waals surface area contributed by atoms with Crippen molar-refractivity contribution in [2.75, 3.05) is 11.9 Å². The Bertz CT molecular complexity index is 796. The zero-order valence-electron chi connectivity index (χ0n) is 12.6. The third-order valence-corrected chi connectivity index (χ3v) is 4.58. The average molecular weight is 354 g/mol. The van der Waals surface area contributed by atoms with Crippen molar-refractivity contribution in [2.24, 2.45) is 0 Å². The predicted octanol–water partition coefficient (Wildman–Crippen LogP) is 3.05. The second-order valence-electron chi connectivity index (χ2n) is 4.95. The first-order chi connectivity index (χ1) is 11.4. The number of alkyl halides is 2. The van der Waals surface area contributed by atoms with Crippen molar-refractivity contribution in [3.05, 3.63) is 60.2 Å². The molecule has 0 saturated carbocycles. The van der Waals surface area contributed by atoms with Crippen LogP contribution in [0.1, 0.15) is 5.56 Å². The Balaban J connectivity index is 1.92. The van der Waals surface area contributed by atoms with E-state index in [-0.39, 0.29) is 5.69 Å². The van der Waals surface area contributed by atoms with E-state index in [0.29, 0.717) is 13.0 Å². The lowest BCUT2D eigenvalue weighted by Gasteiger charge is -2.09. The van der Waals surface area contributed by atoms with Crippen molar-refractivity contribution in [2.45, 2.75) is 17.1 Å². The number of sulfone groups is 1. The van der Waals surface area contributed by atoms with E-state index < -0.39 is 26.5 Å². The van der Waals surface area contributed by atoms with Crippen LogP contribution in [-0.4, -0.2) is 26.8 Å². The van der Waals surface area contributed by atoms with Gasteiger partial charge in [0.1, 0.15) is 0 Å². The van der Waals surface area contributed by atoms with Gasteiger partial charge in [0, 0.05) is 12.2 Å². The summed E-state index contributed by atoms with van der Waals surface area (Å²) in [5.41, 5.74) is 1.18. The fourth-order valence-electron chi connectivity index (χ4n) is 1.99. The molecule has 0 aliphatic carbocycles. The van der Waals surface area contributed by atoms with Gasteiger partial charge in [-0.05, 0) is 30.2 Å². The van der Waals surface area contributed by atoms with E-state index in [1.54, 1.807) is 0 Å². The summed E-state index contributed by atoms with van der Waals surface area (Å²) in [7, 11) is -4.69. The minimum absolute atomic E-state index is 0.119. The summed E-state index contributed by atoms with van der Waals surface area (Å²) in [6.07, 6.45) is 0.633. The van der Waals surface area contributed by atoms with Gasteiger partial charge in [0.05, 0.1) is 4.90 Å². The Morgan fingerprint density at radius 3 is 2.42 bits per heavy atom. The largest absolute Gasteiger partial charge is 0.341 e. The van der Waals surface area contributed by atoms with Gasteiger partial charge in [-0.2, -0.15) is 8.78 Å². The summed E-state index contributed by atoms with van der Waals surface area (Å²) in [5, 5.41) is 5.03. The highest BCUT2D eigenvalue weighted by Crippen LogP contribution is 2.21. The SMILES string of the molecule is O=C(NCCc1ccccc1)Nc1cccc(S(=O)(=O)C(F)F)c1. The van der Waals surface area contributed by atoms with Gasteiger partial charge in [-0.3, -0.25) is 0 Å². The van der Waals surface area contributed by atoms with Crippen molar-refractivity contribution >= 4 is 21.6 Å². The molecule has 0 aromatic heterocycles. The van der Waals surface area contributed by atoms with E-state index in [9.17, 15) is 22.0 Å². The van der Waals surface area contributed by atoms with Crippen LogP contribution >= 0.6 is 0 Å². The molecule has 0 aliphatic rings. The number of halogens is 2. The third-order valence-electron chi connectivity index (χ3n) is 3.20. The van der Waals surface area contributed by atoms with Gasteiger partial charge in [0.25, 0.3) is 0 Å². The van der Waals surface area contributed by atoms with E-state index in [1.807, 2.05) is 30.3 Å². The molecule has 2 N–H and O–H groups in total. The van der Waals surface area contributed by atoms with Crippen LogP contribution in [0.5, 0.6) is 0 Å². The number of carbonyl (C=O) groups excluding carboxylic acids is 1. The number of rotatable bonds is 6. The van der Waals surface area contributed by atoms with Crippen LogP contribution < -0.4 is 10.6 Å². The number of nitrogens with one attached hydrogen (secondary N) is 2. The number of benzene rings is 2. The maximum atomic E-state index is 12.5. The first-order valence-electron chi connectivity index (χ1n) is 7.10. The van der Waals surface area contributed by atoms with Gasteiger partial charge in [-0.15, -0.1) is 0 Å². The molecule has 0 heterocycles. The van der Waals surface area contributed by atoms with E-state index in [0.717, 1.165) is 17.7 Å². The highest BCUT2D eigenvalue weighted by Gasteiger charge is 2.26. The Kier molecular flexibility index (Phi) is 5.86. The van der Waals surface area contributed by atoms with E-state index in [2.05, 4.69) is 10.6 Å². The standard InChI is InChI=1S/C16H16F2N2O3S/c17-15(18)24(22,23)14-8-4-7-13(11-14)20-16(21)19-10-9-12-5-2-1-3-6-12/h1-8,11,15H,9-10H2,(H2,19,20,21). The van der Waals surface area contributed by atoms with Gasteiger partial charge >= 0.3 is 11.8 Å². The van der Waals surface area contributed by atoms with Crippen LogP contribution in [0.3, 0.4) is 0 Å². The molecular formula is C16H16F2N2O3S. The number of hydrogen-bond donors (Lipinski definition) is 2. The molecule has 2 amide bonds. The molecule has 0 atom stereocenters. The Hall–Kier alpha value is -2.48. The first kappa shape index (κ1) is 17.9. The lowest BCUT2D eigenvalue weighted by molar-refractivity contribution is 0.235. The van der Waals surface area contributed by atoms with Crippen molar-refractivity contribution in [1.29, 1.82) is 0 Å². The number of hydrogen-bond acceptors (Lipinski definition) is 3. The molecule has 0 aliphatic heterocycles. The molecule has 0 spiro atoms. The van der Waals surface area contributed by atoms with Crippen LogP contribution in [0.2, 0.25) is 0 Å². The first-order valence-corrected chi connectivity index (χ1v) is 8.65. The molecule has 2 aromatic rings. The fourth-order valence-corrected chi connectivity index (χ4v) is 2.76. The third kappa shape index (κ3) is 4.76. The molecule has 0 fully saturated rings. The Morgan fingerprint density at radius 2 is 1.75 bits per heavy atom. The molecule has 0 saturated heterocycles. The number of anilines is 1. The summed E-state index contributed by atoms with van der Waals surface area (Å²) < 4.78 is 47.9. The molecule has 24 heavy (non-hydrogen) atoms. The molecule has 5 nitrogen and oxygen atoms in total. The summed E-state index contributed by atoms with van der Waals surface area (Å²) in [5.74, 6) is -3.51. The highest BCUT2D eigenvalue weighted by molar-refractivity contribution is 7.91. The van der Waals surface area contributed by atoms with Crippen molar-refractivity contribution < 1.29 is 22.0 Å². The van der Waals surface area contributed by atoms with Gasteiger partial charge in [0.15, 0.2) is 0 Å². The number of urea groups is 1. The second-order valence-corrected chi connectivity index (χ2v) is 6.87. The minimum Gasteiger partial charge on any atom is -0.338 e. The number of carbonyl (C=O) groups is 1. The van der Waals surface area contributed by atoms with Crippen molar-refractivity contribution in [3.8, 4) is 0 Å². The fraction of sp³-hybridized carbons (Fsp3) is 0.188. The van der Waals surface area contributed by atoms with E-state index in [1.165, 1.54) is 12.1 Å². The maximum Gasteiger partial charge on any atom is 0.341 e. The van der Waals surface area contributed by atoms with E-state index in [4.69, 9.17) is 0 Å². The maximum absolute atomic E-state index is 12.5. The van der Waals surface area contributed by atoms with Crippen LogP contribution in [0.4, 0.5) is 19.3 Å². The Morgan fingerprint density at radius 1 is 1.04 bits per heavy atom. The Labute approximate surface area is 138 Å². The van der Waals surface area contributed by atoms with Crippen LogP contribution in [0.15, 0.2) is 59.5 Å². The van der Waals surface area contributed by atoms with Gasteiger partial charge < -0.3 is 10.6 Å². The second kappa shape index (κ2) is 7.87. The van der Waals surface area contributed by atoms with Gasteiger partial charge in [0.2, 0.25) is 9.84 Å². The molecule has 0 bridgehead atoms. The monoisotopic (exact) mass is 354 g/mol.